The summed E-state index contributed by atoms with van der Waals surface area (Å²) < 4.78 is 11.2. The summed E-state index contributed by atoms with van der Waals surface area (Å²) in [5, 5.41) is 0.109. The zero-order valence-corrected chi connectivity index (χ0v) is 19.1. The third-order valence-corrected chi connectivity index (χ3v) is 5.84. The van der Waals surface area contributed by atoms with Crippen molar-refractivity contribution in [3.63, 3.8) is 0 Å². The number of imide groups is 1. The highest BCUT2D eigenvalue weighted by molar-refractivity contribution is 9.10. The van der Waals surface area contributed by atoms with Crippen molar-refractivity contribution >= 4 is 62.5 Å². The molecule has 156 valence electrons. The van der Waals surface area contributed by atoms with Gasteiger partial charge in [-0.05, 0) is 54.6 Å². The SMILES string of the molecule is CCOC(=O)COc1ccc(Br)cc1/C=C1\SC(=O)N(Cc2ccccc2Cl)C1=O. The largest absolute Gasteiger partial charge is 0.481 e. The van der Waals surface area contributed by atoms with Crippen LogP contribution < -0.4 is 4.74 Å². The van der Waals surface area contributed by atoms with Gasteiger partial charge in [0.25, 0.3) is 11.1 Å². The van der Waals surface area contributed by atoms with Gasteiger partial charge in [-0.25, -0.2) is 4.79 Å². The van der Waals surface area contributed by atoms with Crippen LogP contribution in [0.4, 0.5) is 4.79 Å². The number of amides is 2. The van der Waals surface area contributed by atoms with Crippen LogP contribution in [0.5, 0.6) is 5.75 Å². The summed E-state index contributed by atoms with van der Waals surface area (Å²) >= 11 is 10.4. The third-order valence-electron chi connectivity index (χ3n) is 4.07. The fourth-order valence-electron chi connectivity index (χ4n) is 2.68. The minimum absolute atomic E-state index is 0.0897. The molecule has 0 saturated carbocycles. The molecule has 2 aromatic carbocycles. The third kappa shape index (κ3) is 5.44. The standard InChI is InChI=1S/C21H17BrClNO5S/c1-2-28-19(25)12-29-17-8-7-15(22)9-14(17)10-18-20(26)24(21(27)30-18)11-13-5-3-4-6-16(13)23/h3-10H,2,11-12H2,1H3/b18-10-. The summed E-state index contributed by atoms with van der Waals surface area (Å²) in [5.41, 5.74) is 1.24. The van der Waals surface area contributed by atoms with E-state index in [1.807, 2.05) is 0 Å². The van der Waals surface area contributed by atoms with Gasteiger partial charge in [0.05, 0.1) is 18.1 Å². The van der Waals surface area contributed by atoms with E-state index in [0.717, 1.165) is 21.1 Å². The number of carbonyl (C=O) groups is 3. The first-order chi connectivity index (χ1) is 14.4. The van der Waals surface area contributed by atoms with E-state index in [1.165, 1.54) is 0 Å². The number of ether oxygens (including phenoxy) is 2. The Labute approximate surface area is 191 Å². The Kier molecular flexibility index (Phi) is 7.58. The Morgan fingerprint density at radius 2 is 2.00 bits per heavy atom. The number of halogens is 2. The van der Waals surface area contributed by atoms with Crippen molar-refractivity contribution in [1.29, 1.82) is 0 Å². The van der Waals surface area contributed by atoms with E-state index < -0.39 is 11.9 Å². The quantitative estimate of drug-likeness (QED) is 0.373. The molecule has 1 heterocycles. The Morgan fingerprint density at radius 3 is 2.73 bits per heavy atom. The highest BCUT2D eigenvalue weighted by Gasteiger charge is 2.35. The van der Waals surface area contributed by atoms with Crippen LogP contribution in [-0.4, -0.2) is 35.2 Å². The van der Waals surface area contributed by atoms with E-state index in [2.05, 4.69) is 15.9 Å². The van der Waals surface area contributed by atoms with Crippen molar-refractivity contribution in [2.45, 2.75) is 13.5 Å². The molecule has 1 aliphatic rings. The summed E-state index contributed by atoms with van der Waals surface area (Å²) in [5.74, 6) is -0.517. The molecule has 1 fully saturated rings. The van der Waals surface area contributed by atoms with Crippen LogP contribution >= 0.6 is 39.3 Å². The number of thioether (sulfide) groups is 1. The molecule has 0 N–H and O–H groups in total. The highest BCUT2D eigenvalue weighted by Crippen LogP contribution is 2.36. The van der Waals surface area contributed by atoms with Crippen LogP contribution in [0.25, 0.3) is 6.08 Å². The lowest BCUT2D eigenvalue weighted by molar-refractivity contribution is -0.145. The first-order valence-corrected chi connectivity index (χ1v) is 10.9. The summed E-state index contributed by atoms with van der Waals surface area (Å²) in [6.45, 7) is 1.80. The molecular weight excluding hydrogens is 494 g/mol. The van der Waals surface area contributed by atoms with Crippen molar-refractivity contribution < 1.29 is 23.9 Å². The molecule has 0 spiro atoms. The number of nitrogens with zero attached hydrogens (tertiary/aromatic N) is 1. The summed E-state index contributed by atoms with van der Waals surface area (Å²) in [4.78, 5) is 38.2. The predicted octanol–water partition coefficient (Wildman–Crippen LogP) is 5.28. The molecule has 2 aromatic rings. The number of hydrogen-bond acceptors (Lipinski definition) is 6. The van der Waals surface area contributed by atoms with E-state index in [9.17, 15) is 14.4 Å². The van der Waals surface area contributed by atoms with Gasteiger partial charge >= 0.3 is 5.97 Å². The predicted molar refractivity (Wildman–Crippen MR) is 119 cm³/mol. The van der Waals surface area contributed by atoms with Crippen molar-refractivity contribution in [2.24, 2.45) is 0 Å². The first-order valence-electron chi connectivity index (χ1n) is 8.95. The normalized spacial score (nSPS) is 15.0. The van der Waals surface area contributed by atoms with E-state index >= 15 is 0 Å². The van der Waals surface area contributed by atoms with E-state index in [1.54, 1.807) is 55.5 Å². The number of hydrogen-bond donors (Lipinski definition) is 0. The monoisotopic (exact) mass is 509 g/mol. The van der Waals surface area contributed by atoms with Crippen LogP contribution in [0.1, 0.15) is 18.1 Å². The van der Waals surface area contributed by atoms with Crippen LogP contribution in [0, 0.1) is 0 Å². The zero-order chi connectivity index (χ0) is 21.7. The molecule has 6 nitrogen and oxygen atoms in total. The maximum atomic E-state index is 12.8. The van der Waals surface area contributed by atoms with E-state index in [0.29, 0.717) is 21.9 Å². The first kappa shape index (κ1) is 22.4. The fourth-order valence-corrected chi connectivity index (χ4v) is 4.08. The second-order valence-corrected chi connectivity index (χ2v) is 8.45. The molecule has 9 heteroatoms. The molecule has 0 aliphatic carbocycles. The average molecular weight is 511 g/mol. The Balaban J connectivity index is 1.82. The number of benzene rings is 2. The molecular formula is C21H17BrClNO5S. The highest BCUT2D eigenvalue weighted by atomic mass is 79.9. The lowest BCUT2D eigenvalue weighted by Gasteiger charge is -2.13. The molecule has 3 rings (SSSR count). The van der Waals surface area contributed by atoms with Crippen molar-refractivity contribution in [3.8, 4) is 5.75 Å². The van der Waals surface area contributed by atoms with Crippen molar-refractivity contribution in [3.05, 3.63) is 68.0 Å². The maximum absolute atomic E-state index is 12.8. The topological polar surface area (TPSA) is 72.9 Å². The summed E-state index contributed by atoms with van der Waals surface area (Å²) in [6.07, 6.45) is 1.57. The van der Waals surface area contributed by atoms with E-state index in [4.69, 9.17) is 21.1 Å². The van der Waals surface area contributed by atoms with Gasteiger partial charge in [0, 0.05) is 15.1 Å². The van der Waals surface area contributed by atoms with Gasteiger partial charge in [-0.3, -0.25) is 14.5 Å². The number of esters is 1. The second kappa shape index (κ2) is 10.1. The molecule has 0 unspecified atom stereocenters. The van der Waals surface area contributed by atoms with Crippen LogP contribution in [-0.2, 0) is 20.9 Å². The fraction of sp³-hybridized carbons (Fsp3) is 0.190. The molecule has 0 aromatic heterocycles. The second-order valence-electron chi connectivity index (χ2n) is 6.14. The van der Waals surface area contributed by atoms with Gasteiger partial charge in [0.2, 0.25) is 0 Å². The molecule has 0 radical (unpaired) electrons. The van der Waals surface area contributed by atoms with E-state index in [-0.39, 0.29) is 29.9 Å². The number of rotatable bonds is 7. The smallest absolute Gasteiger partial charge is 0.344 e. The molecule has 0 atom stereocenters. The molecule has 1 aliphatic heterocycles. The van der Waals surface area contributed by atoms with Crippen LogP contribution in [0.15, 0.2) is 51.8 Å². The maximum Gasteiger partial charge on any atom is 0.344 e. The summed E-state index contributed by atoms with van der Waals surface area (Å²) in [7, 11) is 0. The average Bonchev–Trinajstić information content (AvgIpc) is 2.96. The number of carbonyl (C=O) groups excluding carboxylic acids is 3. The molecule has 1 saturated heterocycles. The lowest BCUT2D eigenvalue weighted by Crippen LogP contribution is -2.27. The zero-order valence-electron chi connectivity index (χ0n) is 15.9. The van der Waals surface area contributed by atoms with Gasteiger partial charge in [0.15, 0.2) is 6.61 Å². The minimum Gasteiger partial charge on any atom is -0.481 e. The van der Waals surface area contributed by atoms with Gasteiger partial charge in [0.1, 0.15) is 5.75 Å². The van der Waals surface area contributed by atoms with Crippen LogP contribution in [0.3, 0.4) is 0 Å². The lowest BCUT2D eigenvalue weighted by atomic mass is 10.1. The van der Waals surface area contributed by atoms with Gasteiger partial charge in [-0.2, -0.15) is 0 Å². The molecule has 2 amide bonds. The van der Waals surface area contributed by atoms with Gasteiger partial charge < -0.3 is 9.47 Å². The molecule has 0 bridgehead atoms. The van der Waals surface area contributed by atoms with Crippen molar-refractivity contribution in [2.75, 3.05) is 13.2 Å². The van der Waals surface area contributed by atoms with Crippen molar-refractivity contribution in [1.82, 2.24) is 4.90 Å². The van der Waals surface area contributed by atoms with Crippen LogP contribution in [0.2, 0.25) is 5.02 Å². The Bertz CT molecular complexity index is 1030. The Morgan fingerprint density at radius 1 is 1.23 bits per heavy atom. The Hall–Kier alpha value is -2.29. The minimum atomic E-state index is -0.494. The summed E-state index contributed by atoms with van der Waals surface area (Å²) in [6, 6.07) is 12.2. The van der Waals surface area contributed by atoms with Gasteiger partial charge in [-0.1, -0.05) is 45.7 Å². The molecule has 30 heavy (non-hydrogen) atoms. The van der Waals surface area contributed by atoms with Gasteiger partial charge in [-0.15, -0.1) is 0 Å².